The number of halogens is 3. The van der Waals surface area contributed by atoms with Crippen molar-refractivity contribution in [1.29, 1.82) is 0 Å². The van der Waals surface area contributed by atoms with Crippen LogP contribution >= 0.6 is 23.5 Å². The Hall–Kier alpha value is -0.330. The summed E-state index contributed by atoms with van der Waals surface area (Å²) in [6, 6.07) is 7.58. The fourth-order valence-corrected chi connectivity index (χ4v) is 2.65. The highest BCUT2D eigenvalue weighted by Gasteiger charge is 2.27. The molecule has 1 rings (SSSR count). The Kier molecular flexibility index (Phi) is 5.69. The largest absolute Gasteiger partial charge is 0.441 e. The van der Waals surface area contributed by atoms with Crippen molar-refractivity contribution in [3.05, 3.63) is 29.8 Å². The lowest BCUT2D eigenvalue weighted by molar-refractivity contribution is -0.0326. The maximum absolute atomic E-state index is 11.9. The summed E-state index contributed by atoms with van der Waals surface area (Å²) in [5, 5.41) is 0. The molecule has 0 bridgehead atoms. The molecule has 17 heavy (non-hydrogen) atoms. The molecule has 1 aromatic carbocycles. The number of thioether (sulfide) groups is 2. The van der Waals surface area contributed by atoms with Crippen LogP contribution in [-0.2, 0) is 0 Å². The third-order valence-corrected chi connectivity index (χ3v) is 4.03. The van der Waals surface area contributed by atoms with Gasteiger partial charge in [-0.05, 0) is 24.6 Å². The van der Waals surface area contributed by atoms with Gasteiger partial charge in [0.2, 0.25) is 0 Å². The van der Waals surface area contributed by atoms with Crippen molar-refractivity contribution in [2.75, 3.05) is 11.5 Å². The van der Waals surface area contributed by atoms with E-state index in [1.54, 1.807) is 0 Å². The van der Waals surface area contributed by atoms with Gasteiger partial charge >= 0.3 is 5.51 Å². The van der Waals surface area contributed by atoms with Crippen molar-refractivity contribution in [2.24, 2.45) is 5.73 Å². The summed E-state index contributed by atoms with van der Waals surface area (Å²) in [6.45, 7) is 1.89. The molecule has 0 aliphatic heterocycles. The number of benzene rings is 1. The van der Waals surface area contributed by atoms with Gasteiger partial charge in [0, 0.05) is 22.4 Å². The smallest absolute Gasteiger partial charge is 0.324 e. The highest BCUT2D eigenvalue weighted by atomic mass is 32.2. The summed E-state index contributed by atoms with van der Waals surface area (Å²) >= 11 is 1.44. The number of nitrogens with two attached hydrogens (primary N) is 1. The number of hydrogen-bond donors (Lipinski definition) is 1. The molecule has 0 aromatic heterocycles. The van der Waals surface area contributed by atoms with Crippen LogP contribution in [0.3, 0.4) is 0 Å². The Labute approximate surface area is 107 Å². The highest BCUT2D eigenvalue weighted by molar-refractivity contribution is 8.03. The van der Waals surface area contributed by atoms with E-state index in [9.17, 15) is 13.2 Å². The fraction of sp³-hybridized carbons (Fsp3) is 0.455. The van der Waals surface area contributed by atoms with Gasteiger partial charge in [0.1, 0.15) is 0 Å². The van der Waals surface area contributed by atoms with Crippen LogP contribution in [0.15, 0.2) is 29.2 Å². The summed E-state index contributed by atoms with van der Waals surface area (Å²) in [6.07, 6.45) is 0. The molecular weight excluding hydrogens is 267 g/mol. The zero-order valence-electron chi connectivity index (χ0n) is 9.33. The average molecular weight is 281 g/mol. The van der Waals surface area contributed by atoms with Crippen LogP contribution in [0.1, 0.15) is 18.5 Å². The minimum atomic E-state index is -4.13. The Bertz CT molecular complexity index is 336. The predicted octanol–water partition coefficient (Wildman–Crippen LogP) is 4.05. The Morgan fingerprint density at radius 2 is 1.76 bits per heavy atom. The third kappa shape index (κ3) is 6.24. The Morgan fingerprint density at radius 1 is 1.18 bits per heavy atom. The molecule has 0 radical (unpaired) electrons. The molecule has 6 heteroatoms. The molecular formula is C11H14F3NS2. The third-order valence-electron chi connectivity index (χ3n) is 2.02. The van der Waals surface area contributed by atoms with Gasteiger partial charge < -0.3 is 5.73 Å². The van der Waals surface area contributed by atoms with Crippen molar-refractivity contribution in [3.8, 4) is 0 Å². The zero-order chi connectivity index (χ0) is 12.9. The second-order valence-electron chi connectivity index (χ2n) is 3.50. The van der Waals surface area contributed by atoms with Gasteiger partial charge in [-0.25, -0.2) is 0 Å². The lowest BCUT2D eigenvalue weighted by atomic mass is 10.1. The molecule has 0 aliphatic rings. The van der Waals surface area contributed by atoms with E-state index in [0.717, 1.165) is 10.5 Å². The maximum atomic E-state index is 11.9. The molecule has 0 fully saturated rings. The summed E-state index contributed by atoms with van der Waals surface area (Å²) in [7, 11) is 0. The summed E-state index contributed by atoms with van der Waals surface area (Å²) in [5.41, 5.74) is 2.60. The van der Waals surface area contributed by atoms with E-state index in [0.29, 0.717) is 5.75 Å². The van der Waals surface area contributed by atoms with Crippen LogP contribution in [0.2, 0.25) is 0 Å². The molecule has 1 unspecified atom stereocenters. The lowest BCUT2D eigenvalue weighted by Gasteiger charge is -2.07. The van der Waals surface area contributed by atoms with Crippen molar-refractivity contribution in [3.63, 3.8) is 0 Å². The molecule has 0 spiro atoms. The van der Waals surface area contributed by atoms with E-state index < -0.39 is 5.51 Å². The molecule has 0 aliphatic carbocycles. The van der Waals surface area contributed by atoms with Crippen LogP contribution in [0, 0.1) is 0 Å². The lowest BCUT2D eigenvalue weighted by Crippen LogP contribution is -2.04. The van der Waals surface area contributed by atoms with E-state index in [1.807, 2.05) is 31.2 Å². The quantitative estimate of drug-likeness (QED) is 0.651. The minimum absolute atomic E-state index is 0.0187. The molecule has 1 nitrogen and oxygen atoms in total. The second-order valence-corrected chi connectivity index (χ2v) is 5.83. The summed E-state index contributed by atoms with van der Waals surface area (Å²) < 4.78 is 35.6. The van der Waals surface area contributed by atoms with Crippen LogP contribution in [0.5, 0.6) is 0 Å². The van der Waals surface area contributed by atoms with Crippen molar-refractivity contribution in [2.45, 2.75) is 23.4 Å². The van der Waals surface area contributed by atoms with Crippen LogP contribution < -0.4 is 5.73 Å². The van der Waals surface area contributed by atoms with E-state index >= 15 is 0 Å². The molecule has 0 amide bonds. The predicted molar refractivity (Wildman–Crippen MR) is 68.3 cm³/mol. The van der Waals surface area contributed by atoms with Gasteiger partial charge in [-0.15, -0.1) is 11.8 Å². The standard InChI is InChI=1S/C11H14F3NS2/c1-8(15)9-2-4-10(5-3-9)16-6-7-17-11(12,13)14/h2-5,8H,6-7,15H2,1H3. The first-order chi connectivity index (χ1) is 7.88. The van der Waals surface area contributed by atoms with E-state index in [2.05, 4.69) is 0 Å². The van der Waals surface area contributed by atoms with Crippen molar-refractivity contribution >= 4 is 23.5 Å². The molecule has 96 valence electrons. The van der Waals surface area contributed by atoms with Gasteiger partial charge in [-0.1, -0.05) is 23.9 Å². The molecule has 1 atom stereocenters. The van der Waals surface area contributed by atoms with Crippen LogP contribution in [0.4, 0.5) is 13.2 Å². The van der Waals surface area contributed by atoms with E-state index in [4.69, 9.17) is 5.73 Å². The normalized spacial score (nSPS) is 13.7. The average Bonchev–Trinajstić information content (AvgIpc) is 2.24. The molecule has 0 saturated heterocycles. The van der Waals surface area contributed by atoms with Crippen LogP contribution in [-0.4, -0.2) is 17.0 Å². The van der Waals surface area contributed by atoms with Gasteiger partial charge in [0.15, 0.2) is 0 Å². The SMILES string of the molecule is CC(N)c1ccc(SCCSC(F)(F)F)cc1. The highest BCUT2D eigenvalue weighted by Crippen LogP contribution is 2.31. The minimum Gasteiger partial charge on any atom is -0.324 e. The fourth-order valence-electron chi connectivity index (χ4n) is 1.18. The van der Waals surface area contributed by atoms with E-state index in [1.165, 1.54) is 11.8 Å². The zero-order valence-corrected chi connectivity index (χ0v) is 11.0. The summed E-state index contributed by atoms with van der Waals surface area (Å²) in [5.74, 6) is 0.519. The maximum Gasteiger partial charge on any atom is 0.441 e. The van der Waals surface area contributed by atoms with Crippen molar-refractivity contribution < 1.29 is 13.2 Å². The van der Waals surface area contributed by atoms with Crippen molar-refractivity contribution in [1.82, 2.24) is 0 Å². The van der Waals surface area contributed by atoms with Gasteiger partial charge in [-0.2, -0.15) is 13.2 Å². The number of hydrogen-bond acceptors (Lipinski definition) is 3. The van der Waals surface area contributed by atoms with E-state index in [-0.39, 0.29) is 23.6 Å². The molecule has 2 N–H and O–H groups in total. The summed E-state index contributed by atoms with van der Waals surface area (Å²) in [4.78, 5) is 0.970. The second kappa shape index (κ2) is 6.56. The monoisotopic (exact) mass is 281 g/mol. The molecule has 0 heterocycles. The molecule has 1 aromatic rings. The topological polar surface area (TPSA) is 26.0 Å². The number of rotatable bonds is 5. The first-order valence-corrected chi connectivity index (χ1v) is 7.04. The first-order valence-electron chi connectivity index (χ1n) is 5.07. The Morgan fingerprint density at radius 3 is 2.24 bits per heavy atom. The number of alkyl halides is 3. The van der Waals surface area contributed by atoms with Gasteiger partial charge in [0.05, 0.1) is 0 Å². The van der Waals surface area contributed by atoms with Gasteiger partial charge in [0.25, 0.3) is 0 Å². The van der Waals surface area contributed by atoms with Crippen LogP contribution in [0.25, 0.3) is 0 Å². The Balaban J connectivity index is 2.33. The first kappa shape index (κ1) is 14.7. The van der Waals surface area contributed by atoms with Gasteiger partial charge in [-0.3, -0.25) is 0 Å². The molecule has 0 saturated carbocycles.